The number of aromatic nitrogens is 1. The van der Waals surface area contributed by atoms with Crippen molar-refractivity contribution >= 4 is 23.3 Å². The maximum Gasteiger partial charge on any atom is 0.319 e. The van der Waals surface area contributed by atoms with Gasteiger partial charge in [-0.3, -0.25) is 9.78 Å². The highest BCUT2D eigenvalue weighted by molar-refractivity contribution is 5.94. The number of carbonyl (C=O) groups excluding carboxylic acids is 2. The Bertz CT molecular complexity index is 745. The van der Waals surface area contributed by atoms with Crippen molar-refractivity contribution in [1.29, 1.82) is 0 Å². The molecule has 0 spiro atoms. The van der Waals surface area contributed by atoms with Crippen LogP contribution in [0.15, 0.2) is 48.8 Å². The zero-order valence-corrected chi connectivity index (χ0v) is 14.5. The predicted molar refractivity (Wildman–Crippen MR) is 101 cm³/mol. The Kier molecular flexibility index (Phi) is 6.16. The Labute approximate surface area is 152 Å². The van der Waals surface area contributed by atoms with E-state index in [2.05, 4.69) is 26.3 Å². The van der Waals surface area contributed by atoms with Crippen molar-refractivity contribution in [1.82, 2.24) is 15.6 Å². The average Bonchev–Trinajstić information content (AvgIpc) is 2.68. The first kappa shape index (κ1) is 17.9. The maximum atomic E-state index is 12.3. The van der Waals surface area contributed by atoms with Crippen LogP contribution in [0.25, 0.3) is 0 Å². The topological polar surface area (TPSA) is 95.2 Å². The highest BCUT2D eigenvalue weighted by atomic mass is 16.2. The van der Waals surface area contributed by atoms with Gasteiger partial charge in [-0.05, 0) is 55.3 Å². The Morgan fingerprint density at radius 3 is 2.62 bits per heavy atom. The van der Waals surface area contributed by atoms with Gasteiger partial charge in [-0.1, -0.05) is 6.07 Å². The Hall–Kier alpha value is -2.93. The third kappa shape index (κ3) is 5.29. The standard InChI is InChI=1S/C19H23N5O2/c25-18(15-3-2-8-21-13-15)23-16-4-1-5-17(11-16)24-19(26)22-12-14-6-9-20-10-7-14/h1,4-7,9-11,15,21H,2-3,8,12-13H2,(H,23,25)(H2,22,24,26). The summed E-state index contributed by atoms with van der Waals surface area (Å²) in [6.07, 6.45) is 5.28. The summed E-state index contributed by atoms with van der Waals surface area (Å²) in [4.78, 5) is 28.3. The van der Waals surface area contributed by atoms with Crippen LogP contribution in [0, 0.1) is 5.92 Å². The summed E-state index contributed by atoms with van der Waals surface area (Å²) in [5, 5.41) is 11.7. The fourth-order valence-corrected chi connectivity index (χ4v) is 2.85. The molecule has 26 heavy (non-hydrogen) atoms. The first-order valence-corrected chi connectivity index (χ1v) is 8.76. The number of pyridine rings is 1. The van der Waals surface area contributed by atoms with Gasteiger partial charge in [-0.15, -0.1) is 0 Å². The Balaban J connectivity index is 1.51. The van der Waals surface area contributed by atoms with Crippen molar-refractivity contribution in [3.63, 3.8) is 0 Å². The molecule has 1 aliphatic rings. The van der Waals surface area contributed by atoms with Crippen LogP contribution < -0.4 is 21.3 Å². The van der Waals surface area contributed by atoms with E-state index in [0.29, 0.717) is 24.5 Å². The summed E-state index contributed by atoms with van der Waals surface area (Å²) >= 11 is 0. The number of hydrogen-bond acceptors (Lipinski definition) is 4. The molecule has 2 heterocycles. The van der Waals surface area contributed by atoms with E-state index in [1.807, 2.05) is 18.2 Å². The lowest BCUT2D eigenvalue weighted by Crippen LogP contribution is -2.37. The number of nitrogens with zero attached hydrogens (tertiary/aromatic N) is 1. The van der Waals surface area contributed by atoms with Gasteiger partial charge < -0.3 is 21.3 Å². The van der Waals surface area contributed by atoms with Crippen molar-refractivity contribution in [2.75, 3.05) is 23.7 Å². The number of rotatable bonds is 5. The average molecular weight is 353 g/mol. The first-order valence-electron chi connectivity index (χ1n) is 8.76. The van der Waals surface area contributed by atoms with E-state index in [1.165, 1.54) is 0 Å². The van der Waals surface area contributed by atoms with Crippen molar-refractivity contribution in [2.45, 2.75) is 19.4 Å². The summed E-state index contributed by atoms with van der Waals surface area (Å²) in [6.45, 7) is 2.10. The highest BCUT2D eigenvalue weighted by Crippen LogP contribution is 2.18. The number of anilines is 2. The normalized spacial score (nSPS) is 16.5. The number of amides is 3. The number of benzene rings is 1. The second-order valence-corrected chi connectivity index (χ2v) is 6.28. The van der Waals surface area contributed by atoms with Gasteiger partial charge in [0.25, 0.3) is 0 Å². The van der Waals surface area contributed by atoms with E-state index in [-0.39, 0.29) is 17.9 Å². The summed E-state index contributed by atoms with van der Waals surface area (Å²) in [5.41, 5.74) is 2.27. The largest absolute Gasteiger partial charge is 0.334 e. The summed E-state index contributed by atoms with van der Waals surface area (Å²) in [5.74, 6) is 0.000477. The molecule has 1 unspecified atom stereocenters. The number of carbonyl (C=O) groups is 2. The van der Waals surface area contributed by atoms with E-state index in [4.69, 9.17) is 0 Å². The summed E-state index contributed by atoms with van der Waals surface area (Å²) in [7, 11) is 0. The predicted octanol–water partition coefficient (Wildman–Crippen LogP) is 2.34. The first-order chi connectivity index (χ1) is 12.7. The quantitative estimate of drug-likeness (QED) is 0.663. The van der Waals surface area contributed by atoms with Gasteiger partial charge >= 0.3 is 6.03 Å². The second kappa shape index (κ2) is 8.96. The number of nitrogens with one attached hydrogen (secondary N) is 4. The second-order valence-electron chi connectivity index (χ2n) is 6.28. The Morgan fingerprint density at radius 2 is 1.88 bits per heavy atom. The molecule has 3 rings (SSSR count). The van der Waals surface area contributed by atoms with Crippen LogP contribution in [-0.4, -0.2) is 30.0 Å². The molecule has 0 aliphatic carbocycles. The minimum absolute atomic E-state index is 0.0102. The van der Waals surface area contributed by atoms with Gasteiger partial charge in [0.1, 0.15) is 0 Å². The maximum absolute atomic E-state index is 12.3. The smallest absolute Gasteiger partial charge is 0.319 e. The van der Waals surface area contributed by atoms with Crippen LogP contribution in [0.5, 0.6) is 0 Å². The van der Waals surface area contributed by atoms with Gasteiger partial charge in [0.05, 0.1) is 5.92 Å². The fourth-order valence-electron chi connectivity index (χ4n) is 2.85. The minimum Gasteiger partial charge on any atom is -0.334 e. The number of hydrogen-bond donors (Lipinski definition) is 4. The molecule has 1 fully saturated rings. The molecule has 7 nitrogen and oxygen atoms in total. The molecule has 0 bridgehead atoms. The highest BCUT2D eigenvalue weighted by Gasteiger charge is 2.20. The molecule has 1 aromatic carbocycles. The van der Waals surface area contributed by atoms with Crippen molar-refractivity contribution in [3.05, 3.63) is 54.4 Å². The van der Waals surface area contributed by atoms with E-state index >= 15 is 0 Å². The van der Waals surface area contributed by atoms with E-state index in [9.17, 15) is 9.59 Å². The SMILES string of the molecule is O=C(NCc1ccncc1)Nc1cccc(NC(=O)C2CCCNC2)c1. The monoisotopic (exact) mass is 353 g/mol. The molecule has 1 aromatic heterocycles. The third-order valence-corrected chi connectivity index (χ3v) is 4.26. The number of piperidine rings is 1. The molecular formula is C19H23N5O2. The lowest BCUT2D eigenvalue weighted by atomic mass is 9.99. The Morgan fingerprint density at radius 1 is 1.12 bits per heavy atom. The van der Waals surface area contributed by atoms with Crippen molar-refractivity contribution < 1.29 is 9.59 Å². The van der Waals surface area contributed by atoms with Crippen LogP contribution in [0.1, 0.15) is 18.4 Å². The summed E-state index contributed by atoms with van der Waals surface area (Å²) in [6, 6.07) is 10.5. The lowest BCUT2D eigenvalue weighted by molar-refractivity contribution is -0.120. The third-order valence-electron chi connectivity index (χ3n) is 4.26. The molecule has 1 saturated heterocycles. The van der Waals surface area contributed by atoms with Gasteiger partial charge in [0.2, 0.25) is 5.91 Å². The van der Waals surface area contributed by atoms with Crippen molar-refractivity contribution in [2.24, 2.45) is 5.92 Å². The minimum atomic E-state index is -0.304. The molecular weight excluding hydrogens is 330 g/mol. The number of urea groups is 1. The van der Waals surface area contributed by atoms with E-state index in [0.717, 1.165) is 24.9 Å². The molecule has 136 valence electrons. The molecule has 1 atom stereocenters. The van der Waals surface area contributed by atoms with Gasteiger partial charge in [0.15, 0.2) is 0 Å². The van der Waals surface area contributed by atoms with Crippen LogP contribution in [0.3, 0.4) is 0 Å². The molecule has 1 aliphatic heterocycles. The molecule has 7 heteroatoms. The summed E-state index contributed by atoms with van der Waals surface area (Å²) < 4.78 is 0. The molecule has 2 aromatic rings. The van der Waals surface area contributed by atoms with Gasteiger partial charge in [0, 0.05) is 36.9 Å². The molecule has 3 amide bonds. The van der Waals surface area contributed by atoms with Crippen LogP contribution >= 0.6 is 0 Å². The zero-order valence-electron chi connectivity index (χ0n) is 14.5. The van der Waals surface area contributed by atoms with Crippen LogP contribution in [0.2, 0.25) is 0 Å². The van der Waals surface area contributed by atoms with Crippen LogP contribution in [-0.2, 0) is 11.3 Å². The van der Waals surface area contributed by atoms with Gasteiger partial charge in [-0.2, -0.15) is 0 Å². The van der Waals surface area contributed by atoms with E-state index in [1.54, 1.807) is 30.6 Å². The molecule has 0 saturated carbocycles. The molecule has 4 N–H and O–H groups in total. The van der Waals surface area contributed by atoms with Gasteiger partial charge in [-0.25, -0.2) is 4.79 Å². The van der Waals surface area contributed by atoms with E-state index < -0.39 is 0 Å². The lowest BCUT2D eigenvalue weighted by Gasteiger charge is -2.22. The fraction of sp³-hybridized carbons (Fsp3) is 0.316. The zero-order chi connectivity index (χ0) is 18.2. The van der Waals surface area contributed by atoms with Crippen molar-refractivity contribution in [3.8, 4) is 0 Å². The van der Waals surface area contributed by atoms with Crippen LogP contribution in [0.4, 0.5) is 16.2 Å². The molecule has 0 radical (unpaired) electrons.